The first-order valence-corrected chi connectivity index (χ1v) is 26.8. The molecule has 0 radical (unpaired) electrons. The summed E-state index contributed by atoms with van der Waals surface area (Å²) in [6.07, 6.45) is 25.6. The number of ether oxygens (including phenoxy) is 4. The highest BCUT2D eigenvalue weighted by Gasteiger charge is 2.51. The van der Waals surface area contributed by atoms with Gasteiger partial charge in [0.05, 0.1) is 32.0 Å². The Kier molecular flexibility index (Phi) is 35.9. The zero-order valence-corrected chi connectivity index (χ0v) is 41.0. The van der Waals surface area contributed by atoms with Crippen molar-refractivity contribution in [2.24, 2.45) is 0 Å². The number of rotatable bonds is 42. The van der Waals surface area contributed by atoms with Crippen molar-refractivity contribution in [3.8, 4) is 0 Å². The molecule has 2 heterocycles. The number of carbonyl (C=O) groups is 1. The van der Waals surface area contributed by atoms with E-state index in [1.54, 1.807) is 6.92 Å². The van der Waals surface area contributed by atoms with Gasteiger partial charge in [0.1, 0.15) is 48.8 Å². The van der Waals surface area contributed by atoms with Gasteiger partial charge in [-0.3, -0.25) is 4.79 Å². The smallest absolute Gasteiger partial charge is 0.220 e. The van der Waals surface area contributed by atoms with Gasteiger partial charge in [-0.15, -0.1) is 0 Å². The molecule has 0 aromatic rings. The second-order valence-electron chi connectivity index (χ2n) is 19.3. The number of hydrogen-bond acceptors (Lipinski definition) is 13. The van der Waals surface area contributed by atoms with E-state index in [4.69, 9.17) is 18.9 Å². The van der Waals surface area contributed by atoms with Crippen molar-refractivity contribution in [3.63, 3.8) is 0 Å². The van der Waals surface area contributed by atoms with Gasteiger partial charge in [0.15, 0.2) is 12.6 Å². The molecule has 0 bridgehead atoms. The predicted molar refractivity (Wildman–Crippen MR) is 254 cm³/mol. The van der Waals surface area contributed by atoms with E-state index in [9.17, 15) is 45.6 Å². The summed E-state index contributed by atoms with van der Waals surface area (Å²) in [4.78, 5) is 12.3. The van der Waals surface area contributed by atoms with Crippen LogP contribution < -0.4 is 5.32 Å². The molecule has 12 atom stereocenters. The summed E-state index contributed by atoms with van der Waals surface area (Å²) >= 11 is 0. The zero-order valence-electron chi connectivity index (χ0n) is 41.0. The summed E-state index contributed by atoms with van der Waals surface area (Å²) in [5.41, 5.74) is 0. The van der Waals surface area contributed by atoms with Crippen LogP contribution in [0.4, 0.5) is 0 Å². The van der Waals surface area contributed by atoms with Crippen LogP contribution in [0.5, 0.6) is 0 Å². The molecule has 2 saturated heterocycles. The van der Waals surface area contributed by atoms with Gasteiger partial charge in [0.25, 0.3) is 0 Å². The minimum Gasteiger partial charge on any atom is -0.394 e. The number of carbonyl (C=O) groups excluding carboxylic acids is 1. The maximum absolute atomic E-state index is 12.3. The molecule has 2 aliphatic rings. The Morgan fingerprint density at radius 2 is 0.862 bits per heavy atom. The average Bonchev–Trinajstić information content (AvgIpc) is 3.31. The Bertz CT molecular complexity index is 1100. The van der Waals surface area contributed by atoms with Crippen LogP contribution in [0.25, 0.3) is 0 Å². The fraction of sp³-hybridized carbons (Fsp3) is 0.980. The molecular formula is C51H99NO13. The first-order chi connectivity index (χ1) is 31.6. The highest BCUT2D eigenvalue weighted by molar-refractivity contribution is 5.75. The van der Waals surface area contributed by atoms with Gasteiger partial charge in [-0.05, 0) is 6.42 Å². The van der Waals surface area contributed by atoms with E-state index < -0.39 is 86.8 Å². The van der Waals surface area contributed by atoms with Crippen molar-refractivity contribution in [2.75, 3.05) is 19.8 Å². The molecule has 14 nitrogen and oxygen atoms in total. The summed E-state index contributed by atoms with van der Waals surface area (Å²) in [7, 11) is 0. The summed E-state index contributed by atoms with van der Waals surface area (Å²) in [6.45, 7) is 2.32. The molecule has 14 heteroatoms. The van der Waals surface area contributed by atoms with Crippen LogP contribution in [0, 0.1) is 0 Å². The summed E-state index contributed by atoms with van der Waals surface area (Å²) < 4.78 is 22.4. The third kappa shape index (κ3) is 26.0. The molecule has 2 rings (SSSR count). The SMILES string of the molecule is CCCCCCCCCCCCCCCCCCCCCCCCCCCCCCCCCC(O)C(COC1OC(CO)C(OC2OC(CO)C(O)C(O)C2O)C(O)C1O)NC(=O)CC. The second-order valence-corrected chi connectivity index (χ2v) is 19.3. The van der Waals surface area contributed by atoms with Crippen molar-refractivity contribution in [2.45, 2.75) is 299 Å². The monoisotopic (exact) mass is 934 g/mol. The first kappa shape index (κ1) is 60.1. The molecule has 0 spiro atoms. The van der Waals surface area contributed by atoms with Gasteiger partial charge >= 0.3 is 0 Å². The van der Waals surface area contributed by atoms with Gasteiger partial charge in [-0.25, -0.2) is 0 Å². The van der Waals surface area contributed by atoms with Crippen molar-refractivity contribution in [1.29, 1.82) is 0 Å². The van der Waals surface area contributed by atoms with Gasteiger partial charge in [0, 0.05) is 6.42 Å². The van der Waals surface area contributed by atoms with E-state index in [0.29, 0.717) is 6.42 Å². The van der Waals surface area contributed by atoms with E-state index in [1.165, 1.54) is 173 Å². The molecule has 0 saturated carbocycles. The summed E-state index contributed by atoms with van der Waals surface area (Å²) in [5.74, 6) is -0.292. The molecule has 65 heavy (non-hydrogen) atoms. The van der Waals surface area contributed by atoms with Crippen molar-refractivity contribution >= 4 is 5.91 Å². The zero-order chi connectivity index (χ0) is 47.5. The average molecular weight is 934 g/mol. The van der Waals surface area contributed by atoms with E-state index in [2.05, 4.69) is 12.2 Å². The number of aliphatic hydroxyl groups excluding tert-OH is 8. The molecular weight excluding hydrogens is 835 g/mol. The molecule has 9 N–H and O–H groups in total. The van der Waals surface area contributed by atoms with Gasteiger partial charge in [0.2, 0.25) is 5.91 Å². The Morgan fingerprint density at radius 1 is 0.492 bits per heavy atom. The summed E-state index contributed by atoms with van der Waals surface area (Å²) in [6, 6.07) is -0.820. The third-order valence-electron chi connectivity index (χ3n) is 13.6. The van der Waals surface area contributed by atoms with Gasteiger partial charge in [-0.1, -0.05) is 213 Å². The number of amides is 1. The number of aliphatic hydroxyl groups is 8. The first-order valence-electron chi connectivity index (χ1n) is 26.8. The van der Waals surface area contributed by atoms with E-state index >= 15 is 0 Å². The van der Waals surface area contributed by atoms with Crippen LogP contribution in [-0.4, -0.2) is 140 Å². The topological polar surface area (TPSA) is 228 Å². The predicted octanol–water partition coefficient (Wildman–Crippen LogP) is 7.39. The third-order valence-corrected chi connectivity index (χ3v) is 13.6. The van der Waals surface area contributed by atoms with Crippen molar-refractivity contribution in [3.05, 3.63) is 0 Å². The van der Waals surface area contributed by atoms with Crippen LogP contribution in [-0.2, 0) is 23.7 Å². The Morgan fingerprint density at radius 3 is 1.25 bits per heavy atom. The number of hydrogen-bond donors (Lipinski definition) is 9. The van der Waals surface area contributed by atoms with Crippen molar-refractivity contribution < 1.29 is 64.6 Å². The fourth-order valence-corrected chi connectivity index (χ4v) is 9.20. The fourth-order valence-electron chi connectivity index (χ4n) is 9.20. The van der Waals surface area contributed by atoms with Gasteiger partial charge in [-0.2, -0.15) is 0 Å². The van der Waals surface area contributed by atoms with E-state index in [-0.39, 0.29) is 18.9 Å². The lowest BCUT2D eigenvalue weighted by Gasteiger charge is -2.46. The number of unbranched alkanes of at least 4 members (excludes halogenated alkanes) is 30. The second kappa shape index (κ2) is 38.8. The van der Waals surface area contributed by atoms with Crippen LogP contribution in [0.3, 0.4) is 0 Å². The van der Waals surface area contributed by atoms with Crippen LogP contribution in [0.15, 0.2) is 0 Å². The number of nitrogens with one attached hydrogen (secondary N) is 1. The normalized spacial score (nSPS) is 26.9. The quantitative estimate of drug-likeness (QED) is 0.0273. The maximum Gasteiger partial charge on any atom is 0.220 e. The molecule has 2 aliphatic heterocycles. The Labute approximate surface area is 393 Å². The minimum absolute atomic E-state index is 0.188. The highest BCUT2D eigenvalue weighted by atomic mass is 16.7. The van der Waals surface area contributed by atoms with Crippen molar-refractivity contribution in [1.82, 2.24) is 5.32 Å². The molecule has 12 unspecified atom stereocenters. The van der Waals surface area contributed by atoms with E-state index in [0.717, 1.165) is 25.7 Å². The molecule has 2 fully saturated rings. The largest absolute Gasteiger partial charge is 0.394 e. The lowest BCUT2D eigenvalue weighted by atomic mass is 9.97. The van der Waals surface area contributed by atoms with Crippen LogP contribution >= 0.6 is 0 Å². The van der Waals surface area contributed by atoms with Crippen LogP contribution in [0.2, 0.25) is 0 Å². The molecule has 386 valence electrons. The molecule has 0 aliphatic carbocycles. The Balaban J connectivity index is 1.47. The Hall–Kier alpha value is -1.01. The molecule has 0 aromatic heterocycles. The minimum atomic E-state index is -1.78. The lowest BCUT2D eigenvalue weighted by molar-refractivity contribution is -0.359. The van der Waals surface area contributed by atoms with E-state index in [1.807, 2.05) is 0 Å². The maximum atomic E-state index is 12.3. The molecule has 0 aromatic carbocycles. The molecule has 1 amide bonds. The standard InChI is InChI=1S/C51H99NO13/c1-3-5-6-7-8-9-10-11-12-13-14-15-16-17-18-19-20-21-22-23-24-25-26-27-28-29-30-31-32-33-34-35-40(55)39(52-43(56)4-2)38-62-50-48(61)46(59)49(42(37-54)64-50)65-51-47(60)45(58)44(57)41(36-53)63-51/h39-42,44-51,53-55,57-61H,3-38H2,1-2H3,(H,52,56). The van der Waals surface area contributed by atoms with Crippen LogP contribution in [0.1, 0.15) is 226 Å². The lowest BCUT2D eigenvalue weighted by Crippen LogP contribution is -2.65. The highest BCUT2D eigenvalue weighted by Crippen LogP contribution is 2.30. The van der Waals surface area contributed by atoms with Gasteiger partial charge < -0.3 is 65.1 Å². The summed E-state index contributed by atoms with van der Waals surface area (Å²) in [5, 5.41) is 85.7.